The molecule has 0 spiro atoms. The van der Waals surface area contributed by atoms with Crippen LogP contribution in [0.15, 0.2) is 42.5 Å². The highest BCUT2D eigenvalue weighted by Crippen LogP contribution is 2.25. The highest BCUT2D eigenvalue weighted by Gasteiger charge is 2.17. The lowest BCUT2D eigenvalue weighted by atomic mass is 10.0. The zero-order valence-electron chi connectivity index (χ0n) is 11.6. The number of methoxy groups -OCH3 is 1. The predicted molar refractivity (Wildman–Crippen MR) is 74.2 cm³/mol. The van der Waals surface area contributed by atoms with E-state index < -0.39 is 6.61 Å². The van der Waals surface area contributed by atoms with E-state index in [9.17, 15) is 13.6 Å². The summed E-state index contributed by atoms with van der Waals surface area (Å²) in [4.78, 5) is 12.4. The number of benzene rings is 2. The predicted octanol–water partition coefficient (Wildman–Crippen LogP) is 3.84. The molecule has 0 bridgehead atoms. The van der Waals surface area contributed by atoms with Crippen molar-refractivity contribution in [1.29, 1.82) is 0 Å². The fraction of sp³-hybridized carbons (Fsp3) is 0.188. The van der Waals surface area contributed by atoms with Crippen molar-refractivity contribution in [2.75, 3.05) is 7.11 Å². The molecule has 0 fully saturated rings. The minimum absolute atomic E-state index is 0.0994. The summed E-state index contributed by atoms with van der Waals surface area (Å²) >= 11 is 0. The minimum atomic E-state index is -2.98. The van der Waals surface area contributed by atoms with Crippen molar-refractivity contribution in [3.63, 3.8) is 0 Å². The number of ketones is 1. The molecule has 0 unspecified atom stereocenters. The van der Waals surface area contributed by atoms with Gasteiger partial charge in [-0.25, -0.2) is 0 Å². The van der Waals surface area contributed by atoms with Gasteiger partial charge in [0.05, 0.1) is 12.7 Å². The Kier molecular flexibility index (Phi) is 4.52. The summed E-state index contributed by atoms with van der Waals surface area (Å²) in [6.07, 6.45) is 0. The summed E-state index contributed by atoms with van der Waals surface area (Å²) in [5.41, 5.74) is 1.27. The van der Waals surface area contributed by atoms with Crippen LogP contribution < -0.4 is 9.47 Å². The van der Waals surface area contributed by atoms with Gasteiger partial charge in [-0.3, -0.25) is 4.79 Å². The highest BCUT2D eigenvalue weighted by atomic mass is 19.3. The molecule has 0 aromatic heterocycles. The van der Waals surface area contributed by atoms with E-state index in [0.717, 1.165) is 5.56 Å². The number of ether oxygens (including phenoxy) is 2. The maximum Gasteiger partial charge on any atom is 0.387 e. The second kappa shape index (κ2) is 6.35. The zero-order valence-corrected chi connectivity index (χ0v) is 11.6. The molecule has 0 aliphatic rings. The average Bonchev–Trinajstić information content (AvgIpc) is 2.46. The standard InChI is InChI=1S/C16H14F2O3/c1-10-9-11(7-8-13(10)20-2)15(19)12-5-3-4-6-14(12)21-16(17)18/h3-9,16H,1-2H3. The van der Waals surface area contributed by atoms with Crippen molar-refractivity contribution in [1.82, 2.24) is 0 Å². The number of hydrogen-bond donors (Lipinski definition) is 0. The van der Waals surface area contributed by atoms with Crippen molar-refractivity contribution < 1.29 is 23.0 Å². The number of rotatable bonds is 5. The topological polar surface area (TPSA) is 35.5 Å². The quantitative estimate of drug-likeness (QED) is 0.786. The fourth-order valence-electron chi connectivity index (χ4n) is 2.03. The number of carbonyl (C=O) groups is 1. The van der Waals surface area contributed by atoms with Crippen LogP contribution in [-0.2, 0) is 0 Å². The molecule has 110 valence electrons. The molecule has 0 heterocycles. The molecular weight excluding hydrogens is 278 g/mol. The van der Waals surface area contributed by atoms with Gasteiger partial charge in [0.25, 0.3) is 0 Å². The monoisotopic (exact) mass is 292 g/mol. The van der Waals surface area contributed by atoms with Crippen LogP contribution in [0.2, 0.25) is 0 Å². The van der Waals surface area contributed by atoms with Crippen molar-refractivity contribution in [2.45, 2.75) is 13.5 Å². The van der Waals surface area contributed by atoms with E-state index in [2.05, 4.69) is 4.74 Å². The van der Waals surface area contributed by atoms with Crippen molar-refractivity contribution in [2.24, 2.45) is 0 Å². The van der Waals surface area contributed by atoms with Crippen molar-refractivity contribution >= 4 is 5.78 Å². The molecule has 0 aliphatic heterocycles. The summed E-state index contributed by atoms with van der Waals surface area (Å²) in [6.45, 7) is -1.17. The summed E-state index contributed by atoms with van der Waals surface area (Å²) in [5.74, 6) is 0.145. The van der Waals surface area contributed by atoms with E-state index in [-0.39, 0.29) is 17.1 Å². The van der Waals surface area contributed by atoms with Crippen LogP contribution in [0.3, 0.4) is 0 Å². The molecular formula is C16H14F2O3. The van der Waals surface area contributed by atoms with Crippen LogP contribution in [0.25, 0.3) is 0 Å². The van der Waals surface area contributed by atoms with Crippen LogP contribution in [0.4, 0.5) is 8.78 Å². The first-order valence-electron chi connectivity index (χ1n) is 6.26. The molecule has 2 aromatic carbocycles. The van der Waals surface area contributed by atoms with E-state index in [1.54, 1.807) is 31.2 Å². The molecule has 0 saturated heterocycles. The molecule has 0 N–H and O–H groups in total. The Morgan fingerprint density at radius 3 is 2.43 bits per heavy atom. The van der Waals surface area contributed by atoms with Gasteiger partial charge in [-0.1, -0.05) is 12.1 Å². The molecule has 0 amide bonds. The first kappa shape index (κ1) is 15.0. The Balaban J connectivity index is 2.38. The minimum Gasteiger partial charge on any atom is -0.496 e. The number of halogens is 2. The number of carbonyl (C=O) groups excluding carboxylic acids is 1. The van der Waals surface area contributed by atoms with Gasteiger partial charge in [0, 0.05) is 5.56 Å². The fourth-order valence-corrected chi connectivity index (χ4v) is 2.03. The maximum atomic E-state index is 12.4. The molecule has 0 radical (unpaired) electrons. The molecule has 2 aromatic rings. The largest absolute Gasteiger partial charge is 0.496 e. The molecule has 0 saturated carbocycles. The van der Waals surface area contributed by atoms with E-state index in [1.807, 2.05) is 0 Å². The summed E-state index contributed by atoms with van der Waals surface area (Å²) in [7, 11) is 1.54. The Hall–Kier alpha value is -2.43. The number of alkyl halides is 2. The SMILES string of the molecule is COc1ccc(C(=O)c2ccccc2OC(F)F)cc1C. The molecule has 2 rings (SSSR count). The zero-order chi connectivity index (χ0) is 15.4. The van der Waals surface area contributed by atoms with Gasteiger partial charge in [0.2, 0.25) is 0 Å². The Morgan fingerprint density at radius 1 is 1.10 bits per heavy atom. The van der Waals surface area contributed by atoms with E-state index >= 15 is 0 Å². The first-order valence-corrected chi connectivity index (χ1v) is 6.26. The summed E-state index contributed by atoms with van der Waals surface area (Å²) in [5, 5.41) is 0. The van der Waals surface area contributed by atoms with Gasteiger partial charge in [0.15, 0.2) is 5.78 Å². The van der Waals surface area contributed by atoms with Gasteiger partial charge >= 0.3 is 6.61 Å². The van der Waals surface area contributed by atoms with Gasteiger partial charge in [-0.15, -0.1) is 0 Å². The van der Waals surface area contributed by atoms with Gasteiger partial charge in [0.1, 0.15) is 11.5 Å². The van der Waals surface area contributed by atoms with E-state index in [4.69, 9.17) is 4.74 Å². The average molecular weight is 292 g/mol. The second-order valence-electron chi connectivity index (χ2n) is 4.39. The molecule has 0 aliphatic carbocycles. The van der Waals surface area contributed by atoms with Crippen molar-refractivity contribution in [3.05, 3.63) is 59.2 Å². The third kappa shape index (κ3) is 3.37. The molecule has 0 atom stereocenters. The Morgan fingerprint density at radius 2 is 1.81 bits per heavy atom. The Bertz CT molecular complexity index is 654. The normalized spacial score (nSPS) is 10.5. The summed E-state index contributed by atoms with van der Waals surface area (Å²) in [6, 6.07) is 10.8. The van der Waals surface area contributed by atoms with Crippen molar-refractivity contribution in [3.8, 4) is 11.5 Å². The van der Waals surface area contributed by atoms with E-state index in [1.165, 1.54) is 25.3 Å². The van der Waals surface area contributed by atoms with Crippen LogP contribution in [-0.4, -0.2) is 19.5 Å². The van der Waals surface area contributed by atoms with Crippen LogP contribution in [0, 0.1) is 6.92 Å². The lowest BCUT2D eigenvalue weighted by Crippen LogP contribution is -2.09. The van der Waals surface area contributed by atoms with Crippen LogP contribution in [0.1, 0.15) is 21.5 Å². The maximum absolute atomic E-state index is 12.4. The summed E-state index contributed by atoms with van der Waals surface area (Å²) < 4.78 is 34.3. The Labute approximate surface area is 121 Å². The first-order chi connectivity index (χ1) is 10.0. The van der Waals surface area contributed by atoms with Gasteiger partial charge in [-0.2, -0.15) is 8.78 Å². The van der Waals surface area contributed by atoms with Gasteiger partial charge < -0.3 is 9.47 Å². The number of para-hydroxylation sites is 1. The molecule has 3 nitrogen and oxygen atoms in total. The third-order valence-corrected chi connectivity index (χ3v) is 3.00. The second-order valence-corrected chi connectivity index (χ2v) is 4.39. The number of aryl methyl sites for hydroxylation is 1. The lowest BCUT2D eigenvalue weighted by molar-refractivity contribution is -0.0501. The molecule has 21 heavy (non-hydrogen) atoms. The third-order valence-electron chi connectivity index (χ3n) is 3.00. The molecule has 5 heteroatoms. The van der Waals surface area contributed by atoms with Crippen LogP contribution >= 0.6 is 0 Å². The lowest BCUT2D eigenvalue weighted by Gasteiger charge is -2.11. The number of hydrogen-bond acceptors (Lipinski definition) is 3. The highest BCUT2D eigenvalue weighted by molar-refractivity contribution is 6.10. The van der Waals surface area contributed by atoms with Crippen LogP contribution in [0.5, 0.6) is 11.5 Å². The van der Waals surface area contributed by atoms with Gasteiger partial charge in [-0.05, 0) is 42.8 Å². The van der Waals surface area contributed by atoms with E-state index in [0.29, 0.717) is 11.3 Å². The smallest absolute Gasteiger partial charge is 0.387 e.